The van der Waals surface area contributed by atoms with Gasteiger partial charge in [0, 0.05) is 12.4 Å². The average molecular weight is 187 g/mol. The summed E-state index contributed by atoms with van der Waals surface area (Å²) in [4.78, 5) is 10.2. The van der Waals surface area contributed by atoms with Crippen LogP contribution in [-0.4, -0.2) is 36.9 Å². The Morgan fingerprint density at radius 1 is 1.00 bits per heavy atom. The molecule has 0 amide bonds. The number of hydrogen-bond acceptors (Lipinski definition) is 3. The van der Waals surface area contributed by atoms with Gasteiger partial charge in [0.05, 0.1) is 11.0 Å². The van der Waals surface area contributed by atoms with Crippen molar-refractivity contribution >= 4 is 19.0 Å². The Morgan fingerprint density at radius 3 is 1.71 bits per heavy atom. The number of fused-ring (bicyclic) bond motifs is 1. The third-order valence-corrected chi connectivity index (χ3v) is 1.37. The zero-order chi connectivity index (χ0) is 10.4. The van der Waals surface area contributed by atoms with Gasteiger partial charge in [-0.2, -0.15) is 0 Å². The molecule has 3 nitrogen and oxygen atoms in total. The van der Waals surface area contributed by atoms with Crippen molar-refractivity contribution in [3.05, 3.63) is 36.7 Å². The van der Waals surface area contributed by atoms with Crippen molar-refractivity contribution in [1.82, 2.24) is 14.8 Å². The first-order chi connectivity index (χ1) is 6.70. The lowest BCUT2D eigenvalue weighted by Crippen LogP contribution is -2.02. The molecule has 0 saturated heterocycles. The van der Waals surface area contributed by atoms with Gasteiger partial charge in [-0.3, -0.25) is 9.97 Å². The van der Waals surface area contributed by atoms with Gasteiger partial charge in [-0.05, 0) is 38.4 Å². The summed E-state index contributed by atoms with van der Waals surface area (Å²) in [5, 5.41) is 0. The summed E-state index contributed by atoms with van der Waals surface area (Å²) in [5.41, 5.74) is 1.90. The predicted molar refractivity (Wildman–Crippen MR) is 61.8 cm³/mol. The fourth-order valence-electron chi connectivity index (χ4n) is 0.904. The molecule has 0 aliphatic carbocycles. The Balaban J connectivity index is 0.000000213. The van der Waals surface area contributed by atoms with E-state index in [0.29, 0.717) is 0 Å². The zero-order valence-electron chi connectivity index (χ0n) is 8.81. The fourth-order valence-corrected chi connectivity index (χ4v) is 0.904. The lowest BCUT2D eigenvalue weighted by atomic mass is 10.3. The Hall–Kier alpha value is -1.42. The molecular formula is C10H14BN3. The highest BCUT2D eigenvalue weighted by Gasteiger charge is 1.88. The SMILES string of the molecule is BN(C)C.c1cnc2cccnc2c1. The van der Waals surface area contributed by atoms with E-state index in [1.54, 1.807) is 12.4 Å². The molecule has 2 heterocycles. The molecule has 72 valence electrons. The molecule has 0 saturated carbocycles. The minimum absolute atomic E-state index is 0.949. The Labute approximate surface area is 85.2 Å². The van der Waals surface area contributed by atoms with Crippen LogP contribution in [0.4, 0.5) is 0 Å². The summed E-state index contributed by atoms with van der Waals surface area (Å²) in [6.45, 7) is 0. The Kier molecular flexibility index (Phi) is 4.07. The summed E-state index contributed by atoms with van der Waals surface area (Å²) in [7, 11) is 6.00. The highest BCUT2D eigenvalue weighted by Crippen LogP contribution is 2.04. The van der Waals surface area contributed by atoms with E-state index >= 15 is 0 Å². The van der Waals surface area contributed by atoms with E-state index in [4.69, 9.17) is 0 Å². The first-order valence-electron chi connectivity index (χ1n) is 4.47. The molecule has 0 bridgehead atoms. The first-order valence-corrected chi connectivity index (χ1v) is 4.47. The largest absolute Gasteiger partial charge is 0.354 e. The van der Waals surface area contributed by atoms with Crippen LogP contribution in [0.2, 0.25) is 0 Å². The van der Waals surface area contributed by atoms with E-state index in [1.807, 2.05) is 51.2 Å². The molecular weight excluding hydrogens is 173 g/mol. The molecule has 0 aliphatic rings. The lowest BCUT2D eigenvalue weighted by Gasteiger charge is -1.90. The molecule has 0 atom stereocenters. The second kappa shape index (κ2) is 5.34. The summed E-state index contributed by atoms with van der Waals surface area (Å²) in [6.07, 6.45) is 3.54. The molecule has 0 aliphatic heterocycles. The molecule has 0 radical (unpaired) electrons. The van der Waals surface area contributed by atoms with E-state index in [0.717, 1.165) is 11.0 Å². The molecule has 2 aromatic rings. The normalized spacial score (nSPS) is 9.64. The van der Waals surface area contributed by atoms with Gasteiger partial charge >= 0.3 is 0 Å². The van der Waals surface area contributed by atoms with Gasteiger partial charge in [-0.1, -0.05) is 0 Å². The van der Waals surface area contributed by atoms with Crippen LogP contribution in [0, 0.1) is 0 Å². The third-order valence-electron chi connectivity index (χ3n) is 1.37. The van der Waals surface area contributed by atoms with Gasteiger partial charge in [-0.25, -0.2) is 0 Å². The second-order valence-corrected chi connectivity index (χ2v) is 3.39. The number of pyridine rings is 2. The smallest absolute Gasteiger partial charge is 0.184 e. The maximum Gasteiger partial charge on any atom is 0.184 e. The minimum atomic E-state index is 0.949. The van der Waals surface area contributed by atoms with Gasteiger partial charge in [0.25, 0.3) is 0 Å². The zero-order valence-corrected chi connectivity index (χ0v) is 8.81. The molecule has 0 N–H and O–H groups in total. The second-order valence-electron chi connectivity index (χ2n) is 3.39. The van der Waals surface area contributed by atoms with Crippen molar-refractivity contribution in [1.29, 1.82) is 0 Å². The van der Waals surface area contributed by atoms with Gasteiger partial charge in [-0.15, -0.1) is 0 Å². The molecule has 14 heavy (non-hydrogen) atoms. The van der Waals surface area contributed by atoms with Gasteiger partial charge in [0.15, 0.2) is 7.98 Å². The van der Waals surface area contributed by atoms with Crippen molar-refractivity contribution in [2.24, 2.45) is 0 Å². The first kappa shape index (κ1) is 10.7. The number of aromatic nitrogens is 2. The predicted octanol–water partition coefficient (Wildman–Crippen LogP) is 0.726. The molecule has 0 aromatic carbocycles. The van der Waals surface area contributed by atoms with E-state index in [-0.39, 0.29) is 0 Å². The number of rotatable bonds is 0. The van der Waals surface area contributed by atoms with Crippen LogP contribution >= 0.6 is 0 Å². The van der Waals surface area contributed by atoms with Crippen LogP contribution in [0.25, 0.3) is 11.0 Å². The monoisotopic (exact) mass is 187 g/mol. The highest BCUT2D eigenvalue weighted by atomic mass is 14.9. The Bertz CT molecular complexity index is 322. The van der Waals surface area contributed by atoms with Crippen LogP contribution in [0.1, 0.15) is 0 Å². The molecule has 4 heteroatoms. The van der Waals surface area contributed by atoms with Crippen LogP contribution < -0.4 is 0 Å². The van der Waals surface area contributed by atoms with E-state index < -0.39 is 0 Å². The summed E-state index contributed by atoms with van der Waals surface area (Å²) >= 11 is 0. The van der Waals surface area contributed by atoms with E-state index in [1.165, 1.54) is 0 Å². The maximum atomic E-state index is 4.12. The average Bonchev–Trinajstić information content (AvgIpc) is 2.17. The molecule has 2 aromatic heterocycles. The van der Waals surface area contributed by atoms with Gasteiger partial charge in [0.1, 0.15) is 0 Å². The number of nitrogens with zero attached hydrogens (tertiary/aromatic N) is 3. The van der Waals surface area contributed by atoms with Crippen molar-refractivity contribution in [2.75, 3.05) is 14.1 Å². The van der Waals surface area contributed by atoms with Crippen LogP contribution in [-0.2, 0) is 0 Å². The van der Waals surface area contributed by atoms with Crippen molar-refractivity contribution in [2.45, 2.75) is 0 Å². The fraction of sp³-hybridized carbons (Fsp3) is 0.200. The van der Waals surface area contributed by atoms with Crippen molar-refractivity contribution in [3.63, 3.8) is 0 Å². The van der Waals surface area contributed by atoms with Crippen molar-refractivity contribution < 1.29 is 0 Å². The molecule has 2 rings (SSSR count). The molecule has 0 unspecified atom stereocenters. The van der Waals surface area contributed by atoms with E-state index in [9.17, 15) is 0 Å². The maximum absolute atomic E-state index is 4.12. The standard InChI is InChI=1S/C8H6N2.C2H8BN/c1-3-7-8(9-5-1)4-2-6-10-7;1-4(2)3/h1-6H;3H2,1-2H3. The van der Waals surface area contributed by atoms with Gasteiger partial charge < -0.3 is 4.81 Å². The molecule has 0 spiro atoms. The van der Waals surface area contributed by atoms with Crippen molar-refractivity contribution in [3.8, 4) is 0 Å². The van der Waals surface area contributed by atoms with Crippen LogP contribution in [0.3, 0.4) is 0 Å². The van der Waals surface area contributed by atoms with Crippen LogP contribution in [0.15, 0.2) is 36.7 Å². The quantitative estimate of drug-likeness (QED) is 0.569. The minimum Gasteiger partial charge on any atom is -0.354 e. The Morgan fingerprint density at radius 2 is 1.36 bits per heavy atom. The summed E-state index contributed by atoms with van der Waals surface area (Å²) in [5.74, 6) is 0. The lowest BCUT2D eigenvalue weighted by molar-refractivity contribution is 0.679. The summed E-state index contributed by atoms with van der Waals surface area (Å²) in [6, 6.07) is 7.66. The molecule has 0 fully saturated rings. The van der Waals surface area contributed by atoms with Crippen LogP contribution in [0.5, 0.6) is 0 Å². The third kappa shape index (κ3) is 3.54. The highest BCUT2D eigenvalue weighted by molar-refractivity contribution is 6.03. The number of hydrogen-bond donors (Lipinski definition) is 0. The topological polar surface area (TPSA) is 29.0 Å². The summed E-state index contributed by atoms with van der Waals surface area (Å²) < 4.78 is 0. The van der Waals surface area contributed by atoms with Gasteiger partial charge in [0.2, 0.25) is 0 Å². The van der Waals surface area contributed by atoms with E-state index in [2.05, 4.69) is 9.97 Å².